The number of piperidine rings is 1. The topological polar surface area (TPSA) is 39.7 Å². The number of guanidine groups is 1. The molecule has 0 spiro atoms. The number of likely N-dealkylation sites (tertiary alicyclic amines) is 1. The molecule has 1 unspecified atom stereocenters. The fourth-order valence-corrected chi connectivity index (χ4v) is 3.34. The Balaban J connectivity index is 0.00000338. The van der Waals surface area contributed by atoms with Gasteiger partial charge in [-0.3, -0.25) is 0 Å². The summed E-state index contributed by atoms with van der Waals surface area (Å²) in [6.45, 7) is 12.6. The third-order valence-corrected chi connectivity index (χ3v) is 4.46. The van der Waals surface area contributed by atoms with E-state index < -0.39 is 0 Å². The van der Waals surface area contributed by atoms with E-state index in [1.165, 1.54) is 44.6 Å². The number of aliphatic imine (C=N–C) groups is 1. The number of hydrogen-bond acceptors (Lipinski definition) is 2. The van der Waals surface area contributed by atoms with Crippen molar-refractivity contribution >= 4 is 29.9 Å². The number of hydrogen-bond donors (Lipinski definition) is 2. The summed E-state index contributed by atoms with van der Waals surface area (Å²) >= 11 is 0. The predicted octanol–water partition coefficient (Wildman–Crippen LogP) is 3.87. The van der Waals surface area contributed by atoms with Crippen LogP contribution in [0.3, 0.4) is 0 Å². The fourth-order valence-electron chi connectivity index (χ4n) is 3.34. The zero-order chi connectivity index (χ0) is 18.1. The van der Waals surface area contributed by atoms with Crippen LogP contribution in [0.15, 0.2) is 29.3 Å². The van der Waals surface area contributed by atoms with E-state index in [-0.39, 0.29) is 29.8 Å². The Morgan fingerprint density at radius 1 is 1.27 bits per heavy atom. The zero-order valence-electron chi connectivity index (χ0n) is 16.3. The third kappa shape index (κ3) is 8.66. The van der Waals surface area contributed by atoms with Gasteiger partial charge >= 0.3 is 0 Å². The van der Waals surface area contributed by atoms with E-state index in [0.29, 0.717) is 12.5 Å². The lowest BCUT2D eigenvalue weighted by Gasteiger charge is -2.34. The maximum absolute atomic E-state index is 13.0. The van der Waals surface area contributed by atoms with Gasteiger partial charge in [-0.05, 0) is 55.8 Å². The summed E-state index contributed by atoms with van der Waals surface area (Å²) in [7, 11) is 0. The van der Waals surface area contributed by atoms with Crippen LogP contribution in [0, 0.1) is 17.7 Å². The van der Waals surface area contributed by atoms with Crippen LogP contribution in [0.5, 0.6) is 0 Å². The number of benzene rings is 1. The quantitative estimate of drug-likeness (QED) is 0.357. The predicted molar refractivity (Wildman–Crippen MR) is 119 cm³/mol. The minimum Gasteiger partial charge on any atom is -0.357 e. The van der Waals surface area contributed by atoms with Gasteiger partial charge in [-0.15, -0.1) is 24.0 Å². The molecule has 2 N–H and O–H groups in total. The van der Waals surface area contributed by atoms with Crippen LogP contribution in [0.2, 0.25) is 0 Å². The van der Waals surface area contributed by atoms with Crippen LogP contribution in [0.4, 0.5) is 4.39 Å². The maximum atomic E-state index is 13.0. The molecule has 1 saturated heterocycles. The SMILES string of the molecule is CCNC(=NCc1ccc(F)cc1)NCC1CCCN(CC(C)C)C1.I. The van der Waals surface area contributed by atoms with Gasteiger partial charge in [0.2, 0.25) is 0 Å². The first-order chi connectivity index (χ1) is 12.1. The molecule has 26 heavy (non-hydrogen) atoms. The van der Waals surface area contributed by atoms with Gasteiger partial charge in [-0.2, -0.15) is 0 Å². The van der Waals surface area contributed by atoms with Crippen LogP contribution in [0.1, 0.15) is 39.2 Å². The third-order valence-electron chi connectivity index (χ3n) is 4.46. The average molecular weight is 476 g/mol. The highest BCUT2D eigenvalue weighted by atomic mass is 127. The molecule has 0 bridgehead atoms. The van der Waals surface area contributed by atoms with Crippen LogP contribution in [-0.4, -0.2) is 43.6 Å². The van der Waals surface area contributed by atoms with Gasteiger partial charge in [0.1, 0.15) is 5.82 Å². The summed E-state index contributed by atoms with van der Waals surface area (Å²) in [6.07, 6.45) is 2.56. The first-order valence-corrected chi connectivity index (χ1v) is 9.55. The van der Waals surface area contributed by atoms with E-state index in [0.717, 1.165) is 30.5 Å². The van der Waals surface area contributed by atoms with Crippen molar-refractivity contribution < 1.29 is 4.39 Å². The highest BCUT2D eigenvalue weighted by Gasteiger charge is 2.20. The number of halogens is 2. The maximum Gasteiger partial charge on any atom is 0.191 e. The Morgan fingerprint density at radius 2 is 2.00 bits per heavy atom. The molecule has 0 aliphatic carbocycles. The second-order valence-electron chi connectivity index (χ2n) is 7.36. The summed E-state index contributed by atoms with van der Waals surface area (Å²) in [5.41, 5.74) is 1.01. The zero-order valence-corrected chi connectivity index (χ0v) is 18.6. The molecule has 1 aliphatic rings. The summed E-state index contributed by atoms with van der Waals surface area (Å²) in [4.78, 5) is 7.21. The molecule has 0 radical (unpaired) electrons. The van der Waals surface area contributed by atoms with E-state index in [2.05, 4.69) is 41.3 Å². The van der Waals surface area contributed by atoms with Gasteiger partial charge in [0.15, 0.2) is 5.96 Å². The Kier molecular flexibility index (Phi) is 11.1. The molecule has 4 nitrogen and oxygen atoms in total. The summed E-state index contributed by atoms with van der Waals surface area (Å²) < 4.78 is 13.0. The number of nitrogens with zero attached hydrogens (tertiary/aromatic N) is 2. The standard InChI is InChI=1S/C20H33FN4.HI/c1-4-22-20(23-12-17-7-9-19(21)10-8-17)24-13-18-6-5-11-25(15-18)14-16(2)3;/h7-10,16,18H,4-6,11-15H2,1-3H3,(H2,22,23,24);1H. The van der Waals surface area contributed by atoms with E-state index in [9.17, 15) is 4.39 Å². The number of rotatable bonds is 7. The first kappa shape index (κ1) is 23.1. The molecule has 0 saturated carbocycles. The van der Waals surface area contributed by atoms with Gasteiger partial charge in [0.25, 0.3) is 0 Å². The smallest absolute Gasteiger partial charge is 0.191 e. The lowest BCUT2D eigenvalue weighted by molar-refractivity contribution is 0.159. The highest BCUT2D eigenvalue weighted by molar-refractivity contribution is 14.0. The molecule has 1 heterocycles. The molecule has 1 atom stereocenters. The van der Waals surface area contributed by atoms with Crippen molar-refractivity contribution in [1.29, 1.82) is 0 Å². The van der Waals surface area contributed by atoms with Gasteiger partial charge in [-0.1, -0.05) is 26.0 Å². The molecular weight excluding hydrogens is 442 g/mol. The first-order valence-electron chi connectivity index (χ1n) is 9.55. The van der Waals surface area contributed by atoms with Crippen molar-refractivity contribution in [3.8, 4) is 0 Å². The van der Waals surface area contributed by atoms with Crippen molar-refractivity contribution in [2.45, 2.75) is 40.2 Å². The fraction of sp³-hybridized carbons (Fsp3) is 0.650. The molecule has 1 fully saturated rings. The Morgan fingerprint density at radius 3 is 2.65 bits per heavy atom. The van der Waals surface area contributed by atoms with Gasteiger partial charge in [0, 0.05) is 26.2 Å². The molecule has 1 aromatic carbocycles. The minimum absolute atomic E-state index is 0. The second kappa shape index (κ2) is 12.5. The Bertz CT molecular complexity index is 533. The molecule has 148 valence electrons. The molecule has 0 amide bonds. The van der Waals surface area contributed by atoms with Crippen molar-refractivity contribution in [1.82, 2.24) is 15.5 Å². The lowest BCUT2D eigenvalue weighted by Crippen LogP contribution is -2.45. The van der Waals surface area contributed by atoms with E-state index >= 15 is 0 Å². The largest absolute Gasteiger partial charge is 0.357 e. The average Bonchev–Trinajstić information content (AvgIpc) is 2.58. The van der Waals surface area contributed by atoms with Crippen LogP contribution >= 0.6 is 24.0 Å². The summed E-state index contributed by atoms with van der Waals surface area (Å²) in [5, 5.41) is 6.78. The van der Waals surface area contributed by atoms with Crippen LogP contribution in [0.25, 0.3) is 0 Å². The van der Waals surface area contributed by atoms with Crippen LogP contribution in [-0.2, 0) is 6.54 Å². The van der Waals surface area contributed by atoms with E-state index in [1.54, 1.807) is 12.1 Å². The van der Waals surface area contributed by atoms with Crippen molar-refractivity contribution in [3.63, 3.8) is 0 Å². The Hall–Kier alpha value is -0.890. The number of nitrogens with one attached hydrogen (secondary N) is 2. The van der Waals surface area contributed by atoms with Crippen LogP contribution < -0.4 is 10.6 Å². The van der Waals surface area contributed by atoms with Crippen molar-refractivity contribution in [3.05, 3.63) is 35.6 Å². The van der Waals surface area contributed by atoms with E-state index in [4.69, 9.17) is 0 Å². The second-order valence-corrected chi connectivity index (χ2v) is 7.36. The Labute approximate surface area is 175 Å². The van der Waals surface area contributed by atoms with Gasteiger partial charge in [-0.25, -0.2) is 9.38 Å². The normalized spacial score (nSPS) is 18.5. The molecule has 6 heteroatoms. The molecular formula is C20H34FIN4. The molecule has 1 aliphatic heterocycles. The monoisotopic (exact) mass is 476 g/mol. The van der Waals surface area contributed by atoms with Gasteiger partial charge in [0.05, 0.1) is 6.54 Å². The minimum atomic E-state index is -0.207. The summed E-state index contributed by atoms with van der Waals surface area (Å²) in [6, 6.07) is 6.54. The van der Waals surface area contributed by atoms with Gasteiger partial charge < -0.3 is 15.5 Å². The van der Waals surface area contributed by atoms with E-state index in [1.807, 2.05) is 0 Å². The van der Waals surface area contributed by atoms with Crippen molar-refractivity contribution in [2.75, 3.05) is 32.7 Å². The van der Waals surface area contributed by atoms with Crippen molar-refractivity contribution in [2.24, 2.45) is 16.8 Å². The summed E-state index contributed by atoms with van der Waals surface area (Å²) in [5.74, 6) is 2.03. The molecule has 0 aromatic heterocycles. The lowest BCUT2D eigenvalue weighted by atomic mass is 9.97. The molecule has 1 aromatic rings. The highest BCUT2D eigenvalue weighted by Crippen LogP contribution is 2.16. The molecule has 2 rings (SSSR count).